The molecule has 0 saturated carbocycles. The van der Waals surface area contributed by atoms with Crippen LogP contribution in [0.5, 0.6) is 17.2 Å². The number of aromatic nitrogens is 1. The minimum Gasteiger partial charge on any atom is -0.497 e. The van der Waals surface area contributed by atoms with Gasteiger partial charge in [-0.25, -0.2) is 4.98 Å². The highest BCUT2D eigenvalue weighted by molar-refractivity contribution is 7.14. The summed E-state index contributed by atoms with van der Waals surface area (Å²) < 4.78 is 16.1. The van der Waals surface area contributed by atoms with E-state index < -0.39 is 0 Å². The van der Waals surface area contributed by atoms with Crippen LogP contribution in [0.25, 0.3) is 11.3 Å². The summed E-state index contributed by atoms with van der Waals surface area (Å²) in [5.74, 6) is 1.59. The number of rotatable bonds is 9. The summed E-state index contributed by atoms with van der Waals surface area (Å²) >= 11 is 1.30. The molecule has 0 spiro atoms. The summed E-state index contributed by atoms with van der Waals surface area (Å²) in [4.78, 5) is 28.3. The molecular weight excluding hydrogens is 404 g/mol. The molecule has 1 aromatic heterocycles. The first kappa shape index (κ1) is 21.3. The van der Waals surface area contributed by atoms with Gasteiger partial charge < -0.3 is 14.2 Å². The zero-order chi connectivity index (χ0) is 21.5. The van der Waals surface area contributed by atoms with Gasteiger partial charge in [-0.05, 0) is 42.5 Å². The summed E-state index contributed by atoms with van der Waals surface area (Å²) in [5.41, 5.74) is 2.06. The van der Waals surface area contributed by atoms with Crippen LogP contribution in [0, 0.1) is 0 Å². The lowest BCUT2D eigenvalue weighted by atomic mass is 10.1. The first-order valence-corrected chi connectivity index (χ1v) is 10.2. The Bertz CT molecular complexity index is 1030. The number of thiazole rings is 1. The highest BCUT2D eigenvalue weighted by Crippen LogP contribution is 2.35. The van der Waals surface area contributed by atoms with Crippen LogP contribution in [0.2, 0.25) is 0 Å². The Kier molecular flexibility index (Phi) is 7.03. The van der Waals surface area contributed by atoms with E-state index in [9.17, 15) is 9.59 Å². The molecule has 1 amide bonds. The number of Topliss-reactive ketones (excluding diaryl/α,β-unsaturated/α-hetero) is 1. The number of nitrogens with zero attached hydrogens (tertiary/aromatic N) is 1. The normalized spacial score (nSPS) is 10.4. The maximum absolute atomic E-state index is 12.2. The van der Waals surface area contributed by atoms with Crippen LogP contribution in [-0.2, 0) is 4.79 Å². The minimum absolute atomic E-state index is 0.0616. The molecular formula is C22H22N2O5S. The Morgan fingerprint density at radius 3 is 2.43 bits per heavy atom. The average molecular weight is 426 g/mol. The number of hydrogen-bond acceptors (Lipinski definition) is 7. The van der Waals surface area contributed by atoms with Gasteiger partial charge in [-0.1, -0.05) is 6.92 Å². The molecule has 0 radical (unpaired) electrons. The van der Waals surface area contributed by atoms with E-state index >= 15 is 0 Å². The first-order valence-electron chi connectivity index (χ1n) is 9.28. The van der Waals surface area contributed by atoms with Gasteiger partial charge in [-0.15, -0.1) is 11.3 Å². The average Bonchev–Trinajstić information content (AvgIpc) is 3.25. The van der Waals surface area contributed by atoms with Gasteiger partial charge in [0.05, 0.1) is 19.9 Å². The Hall–Kier alpha value is -3.39. The smallest absolute Gasteiger partial charge is 0.264 e. The fraction of sp³-hybridized carbons (Fsp3) is 0.227. The van der Waals surface area contributed by atoms with Gasteiger partial charge in [0.2, 0.25) is 0 Å². The predicted molar refractivity (Wildman–Crippen MR) is 116 cm³/mol. The van der Waals surface area contributed by atoms with E-state index in [-0.39, 0.29) is 18.3 Å². The quantitative estimate of drug-likeness (QED) is 0.509. The zero-order valence-electron chi connectivity index (χ0n) is 16.9. The maximum Gasteiger partial charge on any atom is 0.264 e. The highest BCUT2D eigenvalue weighted by Gasteiger charge is 2.13. The van der Waals surface area contributed by atoms with Crippen molar-refractivity contribution in [2.45, 2.75) is 13.3 Å². The van der Waals surface area contributed by atoms with Crippen LogP contribution >= 0.6 is 11.3 Å². The van der Waals surface area contributed by atoms with Crippen LogP contribution in [0.1, 0.15) is 23.7 Å². The third-order valence-corrected chi connectivity index (χ3v) is 5.06. The Morgan fingerprint density at radius 1 is 1.03 bits per heavy atom. The van der Waals surface area contributed by atoms with Gasteiger partial charge in [0.15, 0.2) is 17.5 Å². The van der Waals surface area contributed by atoms with E-state index in [0.717, 1.165) is 5.56 Å². The van der Waals surface area contributed by atoms with E-state index in [4.69, 9.17) is 14.2 Å². The number of amides is 1. The van der Waals surface area contributed by atoms with Crippen molar-refractivity contribution in [3.63, 3.8) is 0 Å². The van der Waals surface area contributed by atoms with Gasteiger partial charge in [0, 0.05) is 22.9 Å². The SMILES string of the molecule is CCC(=O)c1ccc(OCC(=O)Nc2nc(-c3cc(OC)ccc3OC)cs2)cc1. The molecule has 0 aliphatic carbocycles. The van der Waals surface area contributed by atoms with Crippen molar-refractivity contribution in [3.8, 4) is 28.5 Å². The molecule has 30 heavy (non-hydrogen) atoms. The molecule has 0 atom stereocenters. The largest absolute Gasteiger partial charge is 0.497 e. The molecule has 156 valence electrons. The third kappa shape index (κ3) is 5.15. The predicted octanol–water partition coefficient (Wildman–Crippen LogP) is 4.44. The fourth-order valence-electron chi connectivity index (χ4n) is 2.71. The van der Waals surface area contributed by atoms with Gasteiger partial charge in [-0.3, -0.25) is 14.9 Å². The van der Waals surface area contributed by atoms with Crippen molar-refractivity contribution < 1.29 is 23.8 Å². The lowest BCUT2D eigenvalue weighted by Crippen LogP contribution is -2.20. The number of anilines is 1. The highest BCUT2D eigenvalue weighted by atomic mass is 32.1. The van der Waals surface area contributed by atoms with Crippen molar-refractivity contribution in [3.05, 3.63) is 53.4 Å². The monoisotopic (exact) mass is 426 g/mol. The number of carbonyl (C=O) groups excluding carboxylic acids is 2. The molecule has 0 bridgehead atoms. The van der Waals surface area contributed by atoms with Crippen LogP contribution in [0.3, 0.4) is 0 Å². The number of benzene rings is 2. The molecule has 0 aliphatic rings. The number of hydrogen-bond donors (Lipinski definition) is 1. The van der Waals surface area contributed by atoms with E-state index in [2.05, 4.69) is 10.3 Å². The van der Waals surface area contributed by atoms with Gasteiger partial charge in [0.25, 0.3) is 5.91 Å². The molecule has 1 N–H and O–H groups in total. The van der Waals surface area contributed by atoms with Crippen molar-refractivity contribution in [1.29, 1.82) is 0 Å². The molecule has 3 rings (SSSR count). The number of nitrogens with one attached hydrogen (secondary N) is 1. The van der Waals surface area contributed by atoms with E-state index in [1.54, 1.807) is 50.6 Å². The molecule has 0 aliphatic heterocycles. The maximum atomic E-state index is 12.2. The Balaban J connectivity index is 1.61. The fourth-order valence-corrected chi connectivity index (χ4v) is 3.44. The van der Waals surface area contributed by atoms with E-state index in [0.29, 0.717) is 40.1 Å². The molecule has 7 nitrogen and oxygen atoms in total. The van der Waals surface area contributed by atoms with Crippen molar-refractivity contribution in [2.24, 2.45) is 0 Å². The number of carbonyl (C=O) groups is 2. The van der Waals surface area contributed by atoms with Gasteiger partial charge >= 0.3 is 0 Å². The summed E-state index contributed by atoms with van der Waals surface area (Å²) in [6.07, 6.45) is 0.444. The standard InChI is InChI=1S/C22H22N2O5S/c1-4-19(25)14-5-7-15(8-6-14)29-12-21(26)24-22-23-18(13-30-22)17-11-16(27-2)9-10-20(17)28-3/h5-11,13H,4,12H2,1-3H3,(H,23,24,26). The molecule has 0 fully saturated rings. The molecule has 2 aromatic carbocycles. The van der Waals surface area contributed by atoms with Gasteiger partial charge in [0.1, 0.15) is 17.2 Å². The summed E-state index contributed by atoms with van der Waals surface area (Å²) in [5, 5.41) is 5.01. The number of ether oxygens (including phenoxy) is 3. The topological polar surface area (TPSA) is 86.8 Å². The summed E-state index contributed by atoms with van der Waals surface area (Å²) in [7, 11) is 3.18. The van der Waals surface area contributed by atoms with Crippen LogP contribution in [-0.4, -0.2) is 37.5 Å². The first-order chi connectivity index (χ1) is 14.5. The Morgan fingerprint density at radius 2 is 1.77 bits per heavy atom. The van der Waals surface area contributed by atoms with Crippen LogP contribution in [0.4, 0.5) is 5.13 Å². The second kappa shape index (κ2) is 9.89. The molecule has 0 saturated heterocycles. The van der Waals surface area contributed by atoms with Crippen LogP contribution < -0.4 is 19.5 Å². The number of ketones is 1. The van der Waals surface area contributed by atoms with Crippen molar-refractivity contribution in [2.75, 3.05) is 26.1 Å². The third-order valence-electron chi connectivity index (χ3n) is 4.30. The second-order valence-electron chi connectivity index (χ2n) is 6.24. The minimum atomic E-state index is -0.331. The van der Waals surface area contributed by atoms with Crippen molar-refractivity contribution >= 4 is 28.2 Å². The Labute approximate surface area is 178 Å². The lowest BCUT2D eigenvalue weighted by Gasteiger charge is -2.08. The lowest BCUT2D eigenvalue weighted by molar-refractivity contribution is -0.118. The van der Waals surface area contributed by atoms with Crippen LogP contribution in [0.15, 0.2) is 47.8 Å². The summed E-state index contributed by atoms with van der Waals surface area (Å²) in [6.45, 7) is 1.64. The zero-order valence-corrected chi connectivity index (χ0v) is 17.7. The van der Waals surface area contributed by atoms with Crippen molar-refractivity contribution in [1.82, 2.24) is 4.98 Å². The summed E-state index contributed by atoms with van der Waals surface area (Å²) in [6, 6.07) is 12.2. The second-order valence-corrected chi connectivity index (χ2v) is 7.10. The molecule has 3 aromatic rings. The molecule has 8 heteroatoms. The van der Waals surface area contributed by atoms with E-state index in [1.807, 2.05) is 18.4 Å². The molecule has 1 heterocycles. The van der Waals surface area contributed by atoms with E-state index in [1.165, 1.54) is 11.3 Å². The number of methoxy groups -OCH3 is 2. The van der Waals surface area contributed by atoms with Gasteiger partial charge in [-0.2, -0.15) is 0 Å². The molecule has 0 unspecified atom stereocenters.